The molecule has 2 aromatic heterocycles. The zero-order valence-electron chi connectivity index (χ0n) is 8.50. The van der Waals surface area contributed by atoms with Gasteiger partial charge in [-0.05, 0) is 18.4 Å². The summed E-state index contributed by atoms with van der Waals surface area (Å²) in [5, 5.41) is 8.12. The van der Waals surface area contributed by atoms with E-state index in [0.29, 0.717) is 0 Å². The third-order valence-corrected chi connectivity index (χ3v) is 2.85. The number of thioether (sulfide) groups is 1. The highest BCUT2D eigenvalue weighted by molar-refractivity contribution is 7.98. The van der Waals surface area contributed by atoms with Crippen LogP contribution in [-0.4, -0.2) is 31.6 Å². The molecule has 1 unspecified atom stereocenters. The Hall–Kier alpha value is -1.14. The van der Waals surface area contributed by atoms with E-state index in [4.69, 9.17) is 5.73 Å². The molecular formula is C9H13N5S. The van der Waals surface area contributed by atoms with Crippen molar-refractivity contribution >= 4 is 17.4 Å². The lowest BCUT2D eigenvalue weighted by molar-refractivity contribution is 0.644. The first kappa shape index (κ1) is 10.4. The molecule has 0 saturated carbocycles. The van der Waals surface area contributed by atoms with Gasteiger partial charge in [-0.15, -0.1) is 10.2 Å². The van der Waals surface area contributed by atoms with E-state index >= 15 is 0 Å². The number of hydrogen-bond acceptors (Lipinski definition) is 5. The summed E-state index contributed by atoms with van der Waals surface area (Å²) in [7, 11) is 0. The minimum absolute atomic E-state index is 0.0725. The molecular weight excluding hydrogens is 210 g/mol. The Morgan fingerprint density at radius 2 is 2.40 bits per heavy atom. The van der Waals surface area contributed by atoms with Crippen LogP contribution in [0.25, 0.3) is 5.65 Å². The van der Waals surface area contributed by atoms with E-state index in [2.05, 4.69) is 21.4 Å². The molecule has 0 bridgehead atoms. The van der Waals surface area contributed by atoms with Crippen LogP contribution in [0, 0.1) is 0 Å². The molecule has 5 nitrogen and oxygen atoms in total. The fourth-order valence-electron chi connectivity index (χ4n) is 1.39. The molecule has 0 spiro atoms. The molecule has 0 aromatic carbocycles. The van der Waals surface area contributed by atoms with E-state index in [1.807, 2.05) is 10.5 Å². The highest BCUT2D eigenvalue weighted by atomic mass is 32.2. The van der Waals surface area contributed by atoms with Gasteiger partial charge in [-0.25, -0.2) is 4.98 Å². The van der Waals surface area contributed by atoms with E-state index < -0.39 is 0 Å². The summed E-state index contributed by atoms with van der Waals surface area (Å²) in [6.07, 6.45) is 6.36. The maximum absolute atomic E-state index is 6.03. The average Bonchev–Trinajstić information content (AvgIpc) is 2.69. The summed E-state index contributed by atoms with van der Waals surface area (Å²) in [5.41, 5.74) is 6.82. The smallest absolute Gasteiger partial charge is 0.163 e. The minimum Gasteiger partial charge on any atom is -0.321 e. The van der Waals surface area contributed by atoms with Gasteiger partial charge in [0.2, 0.25) is 0 Å². The van der Waals surface area contributed by atoms with Gasteiger partial charge < -0.3 is 5.73 Å². The molecule has 80 valence electrons. The number of nitrogens with two attached hydrogens (primary N) is 1. The van der Waals surface area contributed by atoms with Gasteiger partial charge in [-0.1, -0.05) is 0 Å². The summed E-state index contributed by atoms with van der Waals surface area (Å²) >= 11 is 1.78. The van der Waals surface area contributed by atoms with Crippen molar-refractivity contribution in [3.05, 3.63) is 24.4 Å². The Labute approximate surface area is 92.1 Å². The fourth-order valence-corrected chi connectivity index (χ4v) is 1.88. The van der Waals surface area contributed by atoms with Gasteiger partial charge in [0.25, 0.3) is 0 Å². The second-order valence-corrected chi connectivity index (χ2v) is 4.24. The van der Waals surface area contributed by atoms with E-state index in [-0.39, 0.29) is 6.04 Å². The Bertz CT molecular complexity index is 441. The third-order valence-electron chi connectivity index (χ3n) is 2.20. The zero-order valence-corrected chi connectivity index (χ0v) is 9.31. The van der Waals surface area contributed by atoms with Crippen molar-refractivity contribution in [3.63, 3.8) is 0 Å². The first-order valence-corrected chi connectivity index (χ1v) is 6.11. The van der Waals surface area contributed by atoms with Gasteiger partial charge in [0.1, 0.15) is 6.33 Å². The summed E-state index contributed by atoms with van der Waals surface area (Å²) in [4.78, 5) is 4.03. The van der Waals surface area contributed by atoms with Crippen molar-refractivity contribution < 1.29 is 0 Å². The van der Waals surface area contributed by atoms with Crippen molar-refractivity contribution in [2.75, 3.05) is 12.0 Å². The Morgan fingerprint density at radius 3 is 3.20 bits per heavy atom. The van der Waals surface area contributed by atoms with E-state index in [1.54, 1.807) is 24.3 Å². The predicted molar refractivity (Wildman–Crippen MR) is 60.7 cm³/mol. The molecule has 0 saturated heterocycles. The first-order valence-electron chi connectivity index (χ1n) is 4.72. The zero-order chi connectivity index (χ0) is 10.7. The van der Waals surface area contributed by atoms with Crippen LogP contribution < -0.4 is 5.73 Å². The number of aromatic nitrogens is 4. The Kier molecular flexibility index (Phi) is 3.17. The molecule has 2 rings (SSSR count). The quantitative estimate of drug-likeness (QED) is 0.833. The molecule has 2 aromatic rings. The molecule has 1 atom stereocenters. The van der Waals surface area contributed by atoms with Crippen LogP contribution in [0.2, 0.25) is 0 Å². The fraction of sp³-hybridized carbons (Fsp3) is 0.444. The van der Waals surface area contributed by atoms with Crippen LogP contribution in [0.4, 0.5) is 0 Å². The van der Waals surface area contributed by atoms with Crippen LogP contribution in [0.5, 0.6) is 0 Å². The van der Waals surface area contributed by atoms with Crippen LogP contribution in [-0.2, 0) is 0 Å². The lowest BCUT2D eigenvalue weighted by Gasteiger charge is -2.07. The van der Waals surface area contributed by atoms with Crippen molar-refractivity contribution in [3.8, 4) is 0 Å². The highest BCUT2D eigenvalue weighted by Crippen LogP contribution is 2.14. The van der Waals surface area contributed by atoms with Gasteiger partial charge in [0.05, 0.1) is 6.04 Å². The average molecular weight is 223 g/mol. The first-order chi connectivity index (χ1) is 7.33. The van der Waals surface area contributed by atoms with Crippen molar-refractivity contribution in [2.24, 2.45) is 5.73 Å². The van der Waals surface area contributed by atoms with Crippen molar-refractivity contribution in [2.45, 2.75) is 12.5 Å². The van der Waals surface area contributed by atoms with E-state index in [0.717, 1.165) is 23.6 Å². The van der Waals surface area contributed by atoms with Crippen LogP contribution >= 0.6 is 11.8 Å². The lowest BCUT2D eigenvalue weighted by atomic mass is 10.2. The molecule has 15 heavy (non-hydrogen) atoms. The molecule has 2 heterocycles. The number of fused-ring (bicyclic) bond motifs is 1. The Balaban J connectivity index is 2.27. The second kappa shape index (κ2) is 4.59. The monoisotopic (exact) mass is 223 g/mol. The predicted octanol–water partition coefficient (Wildman–Crippen LogP) is 0.877. The summed E-state index contributed by atoms with van der Waals surface area (Å²) in [6, 6.07) is 1.74. The number of hydrogen-bond donors (Lipinski definition) is 1. The van der Waals surface area contributed by atoms with Gasteiger partial charge >= 0.3 is 0 Å². The largest absolute Gasteiger partial charge is 0.321 e. The summed E-state index contributed by atoms with van der Waals surface area (Å²) in [5.74, 6) is 1.81. The minimum atomic E-state index is -0.0725. The van der Waals surface area contributed by atoms with Gasteiger partial charge in [0, 0.05) is 12.3 Å². The van der Waals surface area contributed by atoms with Gasteiger partial charge in [0.15, 0.2) is 11.5 Å². The standard InChI is InChI=1S/C9H13N5S/c1-15-5-3-7(10)9-13-12-8-2-4-11-6-14(8)9/h2,4,6-7H,3,5,10H2,1H3. The molecule has 0 aliphatic heterocycles. The van der Waals surface area contributed by atoms with Crippen molar-refractivity contribution in [1.82, 2.24) is 19.6 Å². The summed E-state index contributed by atoms with van der Waals surface area (Å²) in [6.45, 7) is 0. The molecule has 6 heteroatoms. The Morgan fingerprint density at radius 1 is 1.53 bits per heavy atom. The van der Waals surface area contributed by atoms with E-state index in [9.17, 15) is 0 Å². The number of nitrogens with zero attached hydrogens (tertiary/aromatic N) is 4. The lowest BCUT2D eigenvalue weighted by Crippen LogP contribution is -2.15. The maximum Gasteiger partial charge on any atom is 0.163 e. The molecule has 0 fully saturated rings. The van der Waals surface area contributed by atoms with Crippen LogP contribution in [0.3, 0.4) is 0 Å². The SMILES string of the molecule is CSCCC(N)c1nnc2ccncn12. The van der Waals surface area contributed by atoms with Gasteiger partial charge in [-0.2, -0.15) is 11.8 Å². The molecule has 2 N–H and O–H groups in total. The number of rotatable bonds is 4. The topological polar surface area (TPSA) is 69.1 Å². The van der Waals surface area contributed by atoms with Crippen LogP contribution in [0.15, 0.2) is 18.6 Å². The normalized spacial score (nSPS) is 13.2. The highest BCUT2D eigenvalue weighted by Gasteiger charge is 2.12. The van der Waals surface area contributed by atoms with Crippen LogP contribution in [0.1, 0.15) is 18.3 Å². The molecule has 0 amide bonds. The summed E-state index contributed by atoms with van der Waals surface area (Å²) < 4.78 is 1.84. The molecule has 0 aliphatic rings. The van der Waals surface area contributed by atoms with Gasteiger partial charge in [-0.3, -0.25) is 4.40 Å². The molecule has 0 aliphatic carbocycles. The molecule has 0 radical (unpaired) electrons. The third kappa shape index (κ3) is 2.10. The van der Waals surface area contributed by atoms with Crippen molar-refractivity contribution in [1.29, 1.82) is 0 Å². The maximum atomic E-state index is 6.03. The second-order valence-electron chi connectivity index (χ2n) is 3.25. The van der Waals surface area contributed by atoms with E-state index in [1.165, 1.54) is 0 Å².